The van der Waals surface area contributed by atoms with Gasteiger partial charge in [-0.1, -0.05) is 24.3 Å². The molecule has 0 atom stereocenters. The standard InChI is InChI=1S/C20H24N2O3/c1-20(2,3)22-19(24)15-9-7-10-16(12-15)21-18(23)13-14-8-5-6-11-17(14)25-4/h5-12H,13H2,1-4H3,(H,21,23)(H,22,24). The fourth-order valence-electron chi connectivity index (χ4n) is 2.38. The topological polar surface area (TPSA) is 67.4 Å². The third-order valence-corrected chi connectivity index (χ3v) is 3.44. The molecule has 0 aliphatic rings. The van der Waals surface area contributed by atoms with Gasteiger partial charge >= 0.3 is 0 Å². The summed E-state index contributed by atoms with van der Waals surface area (Å²) in [5.41, 5.74) is 1.58. The molecule has 5 nitrogen and oxygen atoms in total. The van der Waals surface area contributed by atoms with Gasteiger partial charge in [-0.2, -0.15) is 0 Å². The van der Waals surface area contributed by atoms with E-state index in [0.717, 1.165) is 5.56 Å². The maximum absolute atomic E-state index is 12.3. The molecule has 0 radical (unpaired) electrons. The van der Waals surface area contributed by atoms with E-state index in [0.29, 0.717) is 17.0 Å². The number of benzene rings is 2. The zero-order valence-corrected chi connectivity index (χ0v) is 15.1. The molecule has 0 saturated heterocycles. The number of nitrogens with one attached hydrogen (secondary N) is 2. The summed E-state index contributed by atoms with van der Waals surface area (Å²) in [5.74, 6) is 0.335. The van der Waals surface area contributed by atoms with Crippen molar-refractivity contribution >= 4 is 17.5 Å². The average molecular weight is 340 g/mol. The van der Waals surface area contributed by atoms with Gasteiger partial charge in [-0.15, -0.1) is 0 Å². The first-order valence-corrected chi connectivity index (χ1v) is 8.13. The molecular weight excluding hydrogens is 316 g/mol. The lowest BCUT2D eigenvalue weighted by Crippen LogP contribution is -2.40. The first-order chi connectivity index (χ1) is 11.8. The fraction of sp³-hybridized carbons (Fsp3) is 0.300. The van der Waals surface area contributed by atoms with Crippen LogP contribution >= 0.6 is 0 Å². The van der Waals surface area contributed by atoms with E-state index in [-0.39, 0.29) is 23.8 Å². The smallest absolute Gasteiger partial charge is 0.251 e. The molecule has 0 spiro atoms. The first kappa shape index (κ1) is 18.5. The number of carbonyl (C=O) groups excluding carboxylic acids is 2. The SMILES string of the molecule is COc1ccccc1CC(=O)Nc1cccc(C(=O)NC(C)(C)C)c1. The van der Waals surface area contributed by atoms with E-state index in [2.05, 4.69) is 10.6 Å². The molecule has 0 aromatic heterocycles. The molecule has 2 rings (SSSR count). The van der Waals surface area contributed by atoms with Gasteiger partial charge in [0, 0.05) is 22.4 Å². The highest BCUT2D eigenvalue weighted by molar-refractivity contribution is 5.98. The van der Waals surface area contributed by atoms with E-state index in [9.17, 15) is 9.59 Å². The van der Waals surface area contributed by atoms with Crippen LogP contribution in [-0.4, -0.2) is 24.5 Å². The minimum absolute atomic E-state index is 0.169. The summed E-state index contributed by atoms with van der Waals surface area (Å²) in [6, 6.07) is 14.3. The van der Waals surface area contributed by atoms with Crippen LogP contribution in [0.5, 0.6) is 5.75 Å². The number of amides is 2. The summed E-state index contributed by atoms with van der Waals surface area (Å²) in [6.07, 6.45) is 0.197. The number of rotatable bonds is 5. The van der Waals surface area contributed by atoms with Gasteiger partial charge in [-0.25, -0.2) is 0 Å². The van der Waals surface area contributed by atoms with Crippen LogP contribution in [0.1, 0.15) is 36.7 Å². The van der Waals surface area contributed by atoms with Gasteiger partial charge in [-0.05, 0) is 45.0 Å². The van der Waals surface area contributed by atoms with Crippen LogP contribution in [0.15, 0.2) is 48.5 Å². The van der Waals surface area contributed by atoms with E-state index >= 15 is 0 Å². The number of carbonyl (C=O) groups is 2. The van der Waals surface area contributed by atoms with E-state index in [1.165, 1.54) is 0 Å². The third kappa shape index (κ3) is 5.64. The number of para-hydroxylation sites is 1. The largest absolute Gasteiger partial charge is 0.496 e. The van der Waals surface area contributed by atoms with Crippen molar-refractivity contribution in [2.24, 2.45) is 0 Å². The maximum Gasteiger partial charge on any atom is 0.251 e. The molecule has 132 valence electrons. The zero-order valence-electron chi connectivity index (χ0n) is 15.1. The van der Waals surface area contributed by atoms with Gasteiger partial charge in [-0.3, -0.25) is 9.59 Å². The van der Waals surface area contributed by atoms with Gasteiger partial charge in [0.1, 0.15) is 5.75 Å². The van der Waals surface area contributed by atoms with Crippen molar-refractivity contribution in [1.29, 1.82) is 0 Å². The highest BCUT2D eigenvalue weighted by atomic mass is 16.5. The van der Waals surface area contributed by atoms with Crippen LogP contribution in [0.4, 0.5) is 5.69 Å². The highest BCUT2D eigenvalue weighted by Gasteiger charge is 2.16. The molecule has 2 aromatic rings. The van der Waals surface area contributed by atoms with Crippen molar-refractivity contribution in [3.8, 4) is 5.75 Å². The Kier molecular flexibility index (Phi) is 5.80. The molecule has 2 amide bonds. The summed E-state index contributed by atoms with van der Waals surface area (Å²) in [6.45, 7) is 5.76. The number of hydrogen-bond acceptors (Lipinski definition) is 3. The normalized spacial score (nSPS) is 10.9. The summed E-state index contributed by atoms with van der Waals surface area (Å²) < 4.78 is 5.26. The summed E-state index contributed by atoms with van der Waals surface area (Å²) in [7, 11) is 1.58. The monoisotopic (exact) mass is 340 g/mol. The maximum atomic E-state index is 12.3. The average Bonchev–Trinajstić information content (AvgIpc) is 2.54. The molecule has 0 bridgehead atoms. The number of methoxy groups -OCH3 is 1. The van der Waals surface area contributed by atoms with Crippen LogP contribution in [0.2, 0.25) is 0 Å². The van der Waals surface area contributed by atoms with Crippen molar-refractivity contribution in [1.82, 2.24) is 5.32 Å². The number of hydrogen-bond donors (Lipinski definition) is 2. The Morgan fingerprint density at radius 2 is 1.76 bits per heavy atom. The lowest BCUT2D eigenvalue weighted by molar-refractivity contribution is -0.115. The number of anilines is 1. The van der Waals surface area contributed by atoms with Crippen molar-refractivity contribution in [2.45, 2.75) is 32.7 Å². The zero-order chi connectivity index (χ0) is 18.4. The van der Waals surface area contributed by atoms with Crippen molar-refractivity contribution < 1.29 is 14.3 Å². The highest BCUT2D eigenvalue weighted by Crippen LogP contribution is 2.19. The van der Waals surface area contributed by atoms with Gasteiger partial charge < -0.3 is 15.4 Å². The summed E-state index contributed by atoms with van der Waals surface area (Å²) in [4.78, 5) is 24.5. The molecule has 0 aliphatic heterocycles. The molecule has 0 saturated carbocycles. The Balaban J connectivity index is 2.06. The Bertz CT molecular complexity index is 764. The molecule has 0 unspecified atom stereocenters. The molecule has 0 fully saturated rings. The quantitative estimate of drug-likeness (QED) is 0.876. The van der Waals surface area contributed by atoms with Crippen LogP contribution < -0.4 is 15.4 Å². The molecule has 25 heavy (non-hydrogen) atoms. The lowest BCUT2D eigenvalue weighted by Gasteiger charge is -2.20. The van der Waals surface area contributed by atoms with Crippen LogP contribution in [0.25, 0.3) is 0 Å². The molecule has 5 heteroatoms. The number of ether oxygens (including phenoxy) is 1. The van der Waals surface area contributed by atoms with Crippen LogP contribution in [0, 0.1) is 0 Å². The van der Waals surface area contributed by atoms with Crippen molar-refractivity contribution in [3.63, 3.8) is 0 Å². The minimum Gasteiger partial charge on any atom is -0.496 e. The Labute approximate surface area is 148 Å². The van der Waals surface area contributed by atoms with Crippen molar-refractivity contribution in [3.05, 3.63) is 59.7 Å². The van der Waals surface area contributed by atoms with E-state index in [1.54, 1.807) is 31.4 Å². The molecular formula is C20H24N2O3. The lowest BCUT2D eigenvalue weighted by atomic mass is 10.1. The Morgan fingerprint density at radius 1 is 1.04 bits per heavy atom. The second-order valence-electron chi connectivity index (χ2n) is 6.82. The molecule has 2 aromatic carbocycles. The Morgan fingerprint density at radius 3 is 2.44 bits per heavy atom. The summed E-state index contributed by atoms with van der Waals surface area (Å²) >= 11 is 0. The van der Waals surface area contributed by atoms with Gasteiger partial charge in [0.05, 0.1) is 13.5 Å². The van der Waals surface area contributed by atoms with E-state index in [4.69, 9.17) is 4.74 Å². The van der Waals surface area contributed by atoms with Crippen LogP contribution in [-0.2, 0) is 11.2 Å². The van der Waals surface area contributed by atoms with E-state index < -0.39 is 0 Å². The third-order valence-electron chi connectivity index (χ3n) is 3.44. The first-order valence-electron chi connectivity index (χ1n) is 8.13. The van der Waals surface area contributed by atoms with Gasteiger partial charge in [0.15, 0.2) is 0 Å². The van der Waals surface area contributed by atoms with Crippen LogP contribution in [0.3, 0.4) is 0 Å². The fourth-order valence-corrected chi connectivity index (χ4v) is 2.38. The summed E-state index contributed by atoms with van der Waals surface area (Å²) in [5, 5.41) is 5.73. The predicted molar refractivity (Wildman–Crippen MR) is 99.0 cm³/mol. The van der Waals surface area contributed by atoms with Gasteiger partial charge in [0.2, 0.25) is 5.91 Å². The van der Waals surface area contributed by atoms with Crippen molar-refractivity contribution in [2.75, 3.05) is 12.4 Å². The van der Waals surface area contributed by atoms with Gasteiger partial charge in [0.25, 0.3) is 5.91 Å². The Hall–Kier alpha value is -2.82. The second kappa shape index (κ2) is 7.83. The second-order valence-corrected chi connectivity index (χ2v) is 6.82. The minimum atomic E-state index is -0.319. The molecule has 2 N–H and O–H groups in total. The van der Waals surface area contributed by atoms with E-state index in [1.807, 2.05) is 45.0 Å². The molecule has 0 aliphatic carbocycles. The molecule has 0 heterocycles. The predicted octanol–water partition coefficient (Wildman–Crippen LogP) is 3.40.